The van der Waals surface area contributed by atoms with Crippen LogP contribution in [0.2, 0.25) is 0 Å². The van der Waals surface area contributed by atoms with Gasteiger partial charge in [-0.05, 0) is 43.0 Å². The van der Waals surface area contributed by atoms with Crippen molar-refractivity contribution in [3.05, 3.63) is 34.9 Å². The number of rotatable bonds is 3. The highest BCUT2D eigenvalue weighted by atomic mass is 79.9. The zero-order valence-corrected chi connectivity index (χ0v) is 14.3. The number of benzene rings is 1. The molecule has 2 aromatic rings. The van der Waals surface area contributed by atoms with Crippen LogP contribution in [0.15, 0.2) is 34.9 Å². The van der Waals surface area contributed by atoms with Crippen LogP contribution in [0.4, 0.5) is 5.69 Å². The molecule has 4 nitrogen and oxygen atoms in total. The van der Waals surface area contributed by atoms with Crippen molar-refractivity contribution in [1.82, 2.24) is 10.3 Å². The molecule has 1 saturated heterocycles. The van der Waals surface area contributed by atoms with Gasteiger partial charge in [0, 0.05) is 48.3 Å². The predicted octanol–water partition coefficient (Wildman–Crippen LogP) is 3.35. The lowest BCUT2D eigenvalue weighted by molar-refractivity contribution is -0.119. The van der Waals surface area contributed by atoms with Gasteiger partial charge in [-0.3, -0.25) is 9.78 Å². The van der Waals surface area contributed by atoms with Gasteiger partial charge < -0.3 is 10.2 Å². The van der Waals surface area contributed by atoms with Gasteiger partial charge >= 0.3 is 0 Å². The minimum absolute atomic E-state index is 0.0522. The Labute approximate surface area is 139 Å². The van der Waals surface area contributed by atoms with Crippen LogP contribution in [0.3, 0.4) is 0 Å². The van der Waals surface area contributed by atoms with Crippen LogP contribution in [-0.4, -0.2) is 30.5 Å². The van der Waals surface area contributed by atoms with Gasteiger partial charge in [-0.15, -0.1) is 0 Å². The molecule has 2 heterocycles. The van der Waals surface area contributed by atoms with Crippen molar-refractivity contribution < 1.29 is 4.79 Å². The summed E-state index contributed by atoms with van der Waals surface area (Å²) in [6.07, 6.45) is 4.21. The summed E-state index contributed by atoms with van der Waals surface area (Å²) in [4.78, 5) is 18.0. The third-order valence-electron chi connectivity index (χ3n) is 4.18. The van der Waals surface area contributed by atoms with Crippen molar-refractivity contribution in [3.63, 3.8) is 0 Å². The number of nitrogens with one attached hydrogen (secondary N) is 1. The second-order valence-corrected chi connectivity index (χ2v) is 6.80. The lowest BCUT2D eigenvalue weighted by atomic mass is 9.97. The summed E-state index contributed by atoms with van der Waals surface area (Å²) >= 11 is 3.50. The smallest absolute Gasteiger partial charge is 0.216 e. The molecule has 1 unspecified atom stereocenters. The van der Waals surface area contributed by atoms with Gasteiger partial charge in [0.25, 0.3) is 0 Å². The standard InChI is InChI=1S/C17H20BrN3O/c1-12(22)20-10-13-3-2-8-21(11-13)17-6-7-19-16-9-14(18)4-5-15(16)17/h4-7,9,13H,2-3,8,10-11H2,1H3,(H,20,22). The molecule has 1 aliphatic heterocycles. The molecule has 116 valence electrons. The van der Waals surface area contributed by atoms with E-state index in [1.54, 1.807) is 6.92 Å². The average molecular weight is 362 g/mol. The van der Waals surface area contributed by atoms with Gasteiger partial charge in [-0.1, -0.05) is 15.9 Å². The van der Waals surface area contributed by atoms with Crippen LogP contribution < -0.4 is 10.2 Å². The van der Waals surface area contributed by atoms with Crippen molar-refractivity contribution in [3.8, 4) is 0 Å². The monoisotopic (exact) mass is 361 g/mol. The maximum absolute atomic E-state index is 11.1. The minimum atomic E-state index is 0.0522. The molecule has 5 heteroatoms. The first kappa shape index (κ1) is 15.3. The van der Waals surface area contributed by atoms with E-state index >= 15 is 0 Å². The Bertz CT molecular complexity index is 689. The maximum Gasteiger partial charge on any atom is 0.216 e. The molecule has 0 spiro atoms. The number of aromatic nitrogens is 1. The van der Waals surface area contributed by atoms with Crippen LogP contribution in [0.5, 0.6) is 0 Å². The van der Waals surface area contributed by atoms with Crippen molar-refractivity contribution >= 4 is 38.4 Å². The SMILES string of the molecule is CC(=O)NCC1CCCN(c2ccnc3cc(Br)ccc23)C1. The van der Waals surface area contributed by atoms with E-state index in [4.69, 9.17) is 0 Å². The van der Waals surface area contributed by atoms with Crippen LogP contribution in [0.25, 0.3) is 10.9 Å². The summed E-state index contributed by atoms with van der Waals surface area (Å²) in [5, 5.41) is 4.13. The molecule has 0 bridgehead atoms. The number of carbonyl (C=O) groups excluding carboxylic acids is 1. The van der Waals surface area contributed by atoms with E-state index in [0.29, 0.717) is 5.92 Å². The van der Waals surface area contributed by atoms with Crippen LogP contribution in [-0.2, 0) is 4.79 Å². The predicted molar refractivity (Wildman–Crippen MR) is 93.1 cm³/mol. The third kappa shape index (κ3) is 3.40. The highest BCUT2D eigenvalue weighted by molar-refractivity contribution is 9.10. The lowest BCUT2D eigenvalue weighted by Crippen LogP contribution is -2.40. The average Bonchev–Trinajstić information content (AvgIpc) is 2.52. The van der Waals surface area contributed by atoms with E-state index in [0.717, 1.165) is 36.0 Å². The Morgan fingerprint density at radius 3 is 3.14 bits per heavy atom. The van der Waals surface area contributed by atoms with E-state index in [2.05, 4.69) is 55.4 Å². The van der Waals surface area contributed by atoms with E-state index < -0.39 is 0 Å². The Balaban J connectivity index is 1.82. The number of halogens is 1. The molecular formula is C17H20BrN3O. The molecule has 0 radical (unpaired) electrons. The van der Waals surface area contributed by atoms with Gasteiger partial charge in [0.2, 0.25) is 5.91 Å². The normalized spacial score (nSPS) is 18.5. The van der Waals surface area contributed by atoms with Gasteiger partial charge in [-0.25, -0.2) is 0 Å². The first-order valence-corrected chi connectivity index (χ1v) is 8.46. The summed E-state index contributed by atoms with van der Waals surface area (Å²) < 4.78 is 1.05. The third-order valence-corrected chi connectivity index (χ3v) is 4.67. The zero-order chi connectivity index (χ0) is 15.5. The topological polar surface area (TPSA) is 45.2 Å². The Hall–Kier alpha value is -1.62. The number of nitrogens with zero attached hydrogens (tertiary/aromatic N) is 2. The number of anilines is 1. The molecule has 1 fully saturated rings. The van der Waals surface area contributed by atoms with Crippen molar-refractivity contribution in [2.24, 2.45) is 5.92 Å². The van der Waals surface area contributed by atoms with Crippen molar-refractivity contribution in [1.29, 1.82) is 0 Å². The van der Waals surface area contributed by atoms with E-state index in [1.165, 1.54) is 17.5 Å². The first-order valence-electron chi connectivity index (χ1n) is 7.67. The first-order chi connectivity index (χ1) is 10.6. The largest absolute Gasteiger partial charge is 0.371 e. The molecule has 1 atom stereocenters. The minimum Gasteiger partial charge on any atom is -0.371 e. The Morgan fingerprint density at radius 2 is 2.32 bits per heavy atom. The second kappa shape index (κ2) is 6.65. The Kier molecular flexibility index (Phi) is 4.62. The second-order valence-electron chi connectivity index (χ2n) is 5.88. The zero-order valence-electron chi connectivity index (χ0n) is 12.7. The van der Waals surface area contributed by atoms with Crippen molar-refractivity contribution in [2.45, 2.75) is 19.8 Å². The van der Waals surface area contributed by atoms with Gasteiger partial charge in [0.05, 0.1) is 5.52 Å². The number of piperidine rings is 1. The molecule has 1 aromatic carbocycles. The molecule has 3 rings (SSSR count). The highest BCUT2D eigenvalue weighted by Crippen LogP contribution is 2.30. The summed E-state index contributed by atoms with van der Waals surface area (Å²) in [5.41, 5.74) is 2.25. The maximum atomic E-state index is 11.1. The number of amides is 1. The van der Waals surface area contributed by atoms with E-state index in [9.17, 15) is 4.79 Å². The summed E-state index contributed by atoms with van der Waals surface area (Å²) in [7, 11) is 0. The number of pyridine rings is 1. The molecular weight excluding hydrogens is 342 g/mol. The quantitative estimate of drug-likeness (QED) is 0.911. The number of hydrogen-bond donors (Lipinski definition) is 1. The molecule has 0 saturated carbocycles. The molecule has 0 aliphatic carbocycles. The summed E-state index contributed by atoms with van der Waals surface area (Å²) in [5.74, 6) is 0.563. The van der Waals surface area contributed by atoms with Crippen LogP contribution in [0.1, 0.15) is 19.8 Å². The fourth-order valence-corrected chi connectivity index (χ4v) is 3.47. The molecule has 22 heavy (non-hydrogen) atoms. The van der Waals surface area contributed by atoms with E-state index in [-0.39, 0.29) is 5.91 Å². The molecule has 1 amide bonds. The number of hydrogen-bond acceptors (Lipinski definition) is 3. The Morgan fingerprint density at radius 1 is 1.45 bits per heavy atom. The molecule has 1 aromatic heterocycles. The van der Waals surface area contributed by atoms with Crippen LogP contribution >= 0.6 is 15.9 Å². The highest BCUT2D eigenvalue weighted by Gasteiger charge is 2.21. The number of carbonyl (C=O) groups is 1. The molecule has 1 aliphatic rings. The van der Waals surface area contributed by atoms with Gasteiger partial charge in [0.15, 0.2) is 0 Å². The van der Waals surface area contributed by atoms with E-state index in [1.807, 2.05) is 6.20 Å². The van der Waals surface area contributed by atoms with Gasteiger partial charge in [0.1, 0.15) is 0 Å². The van der Waals surface area contributed by atoms with Crippen molar-refractivity contribution in [2.75, 3.05) is 24.5 Å². The molecule has 1 N–H and O–H groups in total. The lowest BCUT2D eigenvalue weighted by Gasteiger charge is -2.35. The fraction of sp³-hybridized carbons (Fsp3) is 0.412. The summed E-state index contributed by atoms with van der Waals surface area (Å²) in [6, 6.07) is 8.33. The number of fused-ring (bicyclic) bond motifs is 1. The van der Waals surface area contributed by atoms with Gasteiger partial charge in [-0.2, -0.15) is 0 Å². The van der Waals surface area contributed by atoms with Crippen LogP contribution in [0, 0.1) is 5.92 Å². The fourth-order valence-electron chi connectivity index (χ4n) is 3.12. The summed E-state index contributed by atoms with van der Waals surface area (Å²) in [6.45, 7) is 4.39.